The molecule has 0 spiro atoms. The van der Waals surface area contributed by atoms with E-state index in [0.717, 1.165) is 5.75 Å². The topological polar surface area (TPSA) is 109 Å². The fraction of sp³-hybridized carbons (Fsp3) is 0.636. The van der Waals surface area contributed by atoms with E-state index in [-0.39, 0.29) is 6.03 Å². The first-order valence-electron chi connectivity index (χ1n) is 6.22. The maximum absolute atomic E-state index is 12.0. The van der Waals surface area contributed by atoms with Crippen LogP contribution in [0.3, 0.4) is 0 Å². The summed E-state index contributed by atoms with van der Waals surface area (Å²) < 4.78 is 4.93. The molecule has 0 aromatic carbocycles. The van der Waals surface area contributed by atoms with Gasteiger partial charge in [0.15, 0.2) is 5.82 Å². The molecule has 1 fully saturated rings. The van der Waals surface area contributed by atoms with E-state index >= 15 is 0 Å². The van der Waals surface area contributed by atoms with Crippen molar-refractivity contribution >= 4 is 23.8 Å². The van der Waals surface area contributed by atoms with Gasteiger partial charge >= 0.3 is 12.0 Å². The Hall–Kier alpha value is -1.77. The van der Waals surface area contributed by atoms with E-state index < -0.39 is 12.0 Å². The van der Waals surface area contributed by atoms with Gasteiger partial charge in [0.2, 0.25) is 5.89 Å². The van der Waals surface area contributed by atoms with Gasteiger partial charge in [0, 0.05) is 31.0 Å². The molecule has 1 unspecified atom stereocenters. The second-order valence-electron chi connectivity index (χ2n) is 4.34. The third kappa shape index (κ3) is 3.62. The third-order valence-corrected chi connectivity index (χ3v) is 3.88. The minimum Gasteiger partial charge on any atom is -0.480 e. The molecule has 0 radical (unpaired) electrons. The lowest BCUT2D eigenvalue weighted by Crippen LogP contribution is -2.54. The molecule has 0 bridgehead atoms. The first kappa shape index (κ1) is 14.6. The third-order valence-electron chi connectivity index (χ3n) is 2.86. The first-order chi connectivity index (χ1) is 9.58. The van der Waals surface area contributed by atoms with Crippen molar-refractivity contribution in [3.05, 3.63) is 11.7 Å². The molecular weight excluding hydrogens is 284 g/mol. The Kier molecular flexibility index (Phi) is 4.83. The van der Waals surface area contributed by atoms with Gasteiger partial charge in [-0.05, 0) is 6.92 Å². The molecular formula is C11H16N4O4S. The second-order valence-corrected chi connectivity index (χ2v) is 5.49. The molecule has 8 nitrogen and oxygen atoms in total. The van der Waals surface area contributed by atoms with Gasteiger partial charge in [-0.25, -0.2) is 9.59 Å². The van der Waals surface area contributed by atoms with E-state index in [0.29, 0.717) is 37.0 Å². The number of carboxylic acid groups (broad SMARTS) is 1. The summed E-state index contributed by atoms with van der Waals surface area (Å²) >= 11 is 1.54. The number of amides is 2. The van der Waals surface area contributed by atoms with Crippen LogP contribution in [0.1, 0.15) is 11.7 Å². The SMILES string of the molecule is Cc1noc(CCNC(=O)N2CCSCC2C(=O)O)n1. The highest BCUT2D eigenvalue weighted by molar-refractivity contribution is 7.99. The molecule has 1 saturated heterocycles. The molecule has 0 saturated carbocycles. The van der Waals surface area contributed by atoms with Crippen molar-refractivity contribution in [3.63, 3.8) is 0 Å². The van der Waals surface area contributed by atoms with Crippen LogP contribution in [0.15, 0.2) is 4.52 Å². The normalized spacial score (nSPS) is 18.9. The van der Waals surface area contributed by atoms with E-state index in [1.54, 1.807) is 18.7 Å². The summed E-state index contributed by atoms with van der Waals surface area (Å²) in [6, 6.07) is -1.13. The van der Waals surface area contributed by atoms with E-state index in [4.69, 9.17) is 9.63 Å². The van der Waals surface area contributed by atoms with Crippen molar-refractivity contribution < 1.29 is 19.2 Å². The van der Waals surface area contributed by atoms with Crippen molar-refractivity contribution in [2.75, 3.05) is 24.6 Å². The number of nitrogens with one attached hydrogen (secondary N) is 1. The highest BCUT2D eigenvalue weighted by Gasteiger charge is 2.32. The number of hydrogen-bond acceptors (Lipinski definition) is 6. The standard InChI is InChI=1S/C11H16N4O4S/c1-7-13-9(19-14-7)2-3-12-11(18)15-4-5-20-6-8(15)10(16)17/h8H,2-6H2,1H3,(H,12,18)(H,16,17). The molecule has 2 N–H and O–H groups in total. The lowest BCUT2D eigenvalue weighted by Gasteiger charge is -2.32. The van der Waals surface area contributed by atoms with Gasteiger partial charge in [-0.2, -0.15) is 16.7 Å². The Bertz CT molecular complexity index is 493. The number of urea groups is 1. The molecule has 2 rings (SSSR count). The van der Waals surface area contributed by atoms with Crippen LogP contribution in [0.5, 0.6) is 0 Å². The van der Waals surface area contributed by atoms with Crippen molar-refractivity contribution in [2.45, 2.75) is 19.4 Å². The molecule has 1 aliphatic rings. The summed E-state index contributed by atoms with van der Waals surface area (Å²) in [6.07, 6.45) is 0.424. The fourth-order valence-corrected chi connectivity index (χ4v) is 2.91. The van der Waals surface area contributed by atoms with Crippen molar-refractivity contribution in [2.24, 2.45) is 0 Å². The molecule has 1 aromatic heterocycles. The molecule has 1 atom stereocenters. The highest BCUT2D eigenvalue weighted by atomic mass is 32.2. The zero-order valence-corrected chi connectivity index (χ0v) is 11.9. The van der Waals surface area contributed by atoms with Crippen molar-refractivity contribution in [3.8, 4) is 0 Å². The highest BCUT2D eigenvalue weighted by Crippen LogP contribution is 2.16. The average Bonchev–Trinajstić information content (AvgIpc) is 2.84. The van der Waals surface area contributed by atoms with Crippen LogP contribution in [0.25, 0.3) is 0 Å². The number of nitrogens with zero attached hydrogens (tertiary/aromatic N) is 3. The van der Waals surface area contributed by atoms with Crippen LogP contribution < -0.4 is 5.32 Å². The summed E-state index contributed by atoms with van der Waals surface area (Å²) in [6.45, 7) is 2.48. The van der Waals surface area contributed by atoms with Crippen LogP contribution in [0, 0.1) is 6.92 Å². The zero-order valence-electron chi connectivity index (χ0n) is 11.0. The first-order valence-corrected chi connectivity index (χ1v) is 7.37. The van der Waals surface area contributed by atoms with Crippen molar-refractivity contribution in [1.29, 1.82) is 0 Å². The quantitative estimate of drug-likeness (QED) is 0.813. The maximum atomic E-state index is 12.0. The number of carbonyl (C=O) groups excluding carboxylic acids is 1. The van der Waals surface area contributed by atoms with Crippen molar-refractivity contribution in [1.82, 2.24) is 20.4 Å². The van der Waals surface area contributed by atoms with Gasteiger partial charge < -0.3 is 19.8 Å². The van der Waals surface area contributed by atoms with E-state index in [9.17, 15) is 9.59 Å². The molecule has 9 heteroatoms. The van der Waals surface area contributed by atoms with Crippen LogP contribution >= 0.6 is 11.8 Å². The molecule has 1 aliphatic heterocycles. The molecule has 2 amide bonds. The summed E-state index contributed by atoms with van der Waals surface area (Å²) in [5, 5.41) is 15.4. The second kappa shape index (κ2) is 6.60. The van der Waals surface area contributed by atoms with Gasteiger partial charge in [0.25, 0.3) is 0 Å². The predicted octanol–water partition coefficient (Wildman–Crippen LogP) is 0.132. The Labute approximate surface area is 119 Å². The molecule has 20 heavy (non-hydrogen) atoms. The van der Waals surface area contributed by atoms with E-state index in [2.05, 4.69) is 15.5 Å². The van der Waals surface area contributed by atoms with Gasteiger partial charge in [0.05, 0.1) is 0 Å². The Morgan fingerprint density at radius 3 is 3.05 bits per heavy atom. The van der Waals surface area contributed by atoms with Crippen LogP contribution in [0.4, 0.5) is 4.79 Å². The number of aliphatic carboxylic acids is 1. The van der Waals surface area contributed by atoms with Crippen LogP contribution in [0.2, 0.25) is 0 Å². The number of rotatable bonds is 4. The minimum absolute atomic E-state index is 0.330. The summed E-state index contributed by atoms with van der Waals surface area (Å²) in [5.74, 6) is 1.20. The van der Waals surface area contributed by atoms with Crippen LogP contribution in [-0.4, -0.2) is 62.8 Å². The van der Waals surface area contributed by atoms with Gasteiger partial charge in [-0.3, -0.25) is 0 Å². The lowest BCUT2D eigenvalue weighted by atomic mass is 10.3. The monoisotopic (exact) mass is 300 g/mol. The van der Waals surface area contributed by atoms with Crippen LogP contribution in [-0.2, 0) is 11.2 Å². The Morgan fingerprint density at radius 2 is 2.40 bits per heavy atom. The fourth-order valence-electron chi connectivity index (χ4n) is 1.87. The predicted molar refractivity (Wildman–Crippen MR) is 71.6 cm³/mol. The molecule has 2 heterocycles. The summed E-state index contributed by atoms with van der Waals surface area (Å²) in [5.41, 5.74) is 0. The average molecular weight is 300 g/mol. The molecule has 0 aliphatic carbocycles. The smallest absolute Gasteiger partial charge is 0.327 e. The molecule has 1 aromatic rings. The van der Waals surface area contributed by atoms with E-state index in [1.165, 1.54) is 4.90 Å². The number of carboxylic acids is 1. The maximum Gasteiger partial charge on any atom is 0.327 e. The molecule has 110 valence electrons. The number of aryl methyl sites for hydroxylation is 1. The minimum atomic E-state index is -0.972. The zero-order chi connectivity index (χ0) is 14.5. The van der Waals surface area contributed by atoms with Gasteiger partial charge in [0.1, 0.15) is 6.04 Å². The van der Waals surface area contributed by atoms with Gasteiger partial charge in [-0.15, -0.1) is 0 Å². The number of thioether (sulfide) groups is 1. The Balaban J connectivity index is 1.82. The summed E-state index contributed by atoms with van der Waals surface area (Å²) in [4.78, 5) is 28.5. The van der Waals surface area contributed by atoms with Gasteiger partial charge in [-0.1, -0.05) is 5.16 Å². The summed E-state index contributed by atoms with van der Waals surface area (Å²) in [7, 11) is 0. The number of hydrogen-bond donors (Lipinski definition) is 2. The van der Waals surface area contributed by atoms with E-state index in [1.807, 2.05) is 0 Å². The lowest BCUT2D eigenvalue weighted by molar-refractivity contribution is -0.141. The number of carbonyl (C=O) groups is 2. The number of aromatic nitrogens is 2. The largest absolute Gasteiger partial charge is 0.480 e. The Morgan fingerprint density at radius 1 is 1.60 bits per heavy atom.